The standard InChI is InChI=1S/C27H25ClN4O3/c1-35-18-26(34)31-14-13-30(17-25(31)33)16-23-27(20-7-10-22(28)11-8-20)29-24-12-9-21(15-32(23)24)19-5-3-2-4-6-19/h2-12,15H,13-14,16-18H2,1H3. The number of hydrogen-bond acceptors (Lipinski definition) is 5. The smallest absolute Gasteiger partial charge is 0.255 e. The first kappa shape index (κ1) is 23.2. The summed E-state index contributed by atoms with van der Waals surface area (Å²) in [5, 5.41) is 0.660. The van der Waals surface area contributed by atoms with Gasteiger partial charge >= 0.3 is 0 Å². The molecule has 0 radical (unpaired) electrons. The van der Waals surface area contributed by atoms with Crippen molar-refractivity contribution in [3.8, 4) is 22.4 Å². The number of benzene rings is 2. The molecule has 3 heterocycles. The van der Waals surface area contributed by atoms with Gasteiger partial charge in [-0.25, -0.2) is 4.98 Å². The van der Waals surface area contributed by atoms with E-state index < -0.39 is 0 Å². The molecule has 7 nitrogen and oxygen atoms in total. The summed E-state index contributed by atoms with van der Waals surface area (Å²) in [5.41, 5.74) is 5.79. The number of methoxy groups -OCH3 is 1. The van der Waals surface area contributed by atoms with Gasteiger partial charge in [0.05, 0.1) is 17.9 Å². The number of amides is 2. The fourth-order valence-electron chi connectivity index (χ4n) is 4.42. The number of fused-ring (bicyclic) bond motifs is 1. The van der Waals surface area contributed by atoms with Gasteiger partial charge in [-0.3, -0.25) is 19.4 Å². The molecule has 1 aliphatic rings. The van der Waals surface area contributed by atoms with E-state index in [0.717, 1.165) is 33.7 Å². The van der Waals surface area contributed by atoms with Crippen LogP contribution in [0, 0.1) is 0 Å². The zero-order valence-corrected chi connectivity index (χ0v) is 20.1. The van der Waals surface area contributed by atoms with Crippen LogP contribution in [0.3, 0.4) is 0 Å². The highest BCUT2D eigenvalue weighted by Gasteiger charge is 2.29. The second-order valence-corrected chi connectivity index (χ2v) is 8.95. The van der Waals surface area contributed by atoms with E-state index in [4.69, 9.17) is 21.3 Å². The first-order valence-electron chi connectivity index (χ1n) is 11.4. The summed E-state index contributed by atoms with van der Waals surface area (Å²) < 4.78 is 7.00. The minimum absolute atomic E-state index is 0.0953. The molecule has 0 unspecified atom stereocenters. The molecule has 35 heavy (non-hydrogen) atoms. The maximum absolute atomic E-state index is 12.7. The van der Waals surface area contributed by atoms with E-state index in [1.54, 1.807) is 0 Å². The number of pyridine rings is 1. The molecule has 2 amide bonds. The fourth-order valence-corrected chi connectivity index (χ4v) is 4.54. The van der Waals surface area contributed by atoms with Crippen molar-refractivity contribution in [3.05, 3.63) is 83.6 Å². The van der Waals surface area contributed by atoms with Crippen molar-refractivity contribution in [1.29, 1.82) is 0 Å². The van der Waals surface area contributed by atoms with Crippen molar-refractivity contribution >= 4 is 29.1 Å². The van der Waals surface area contributed by atoms with Crippen molar-refractivity contribution in [2.24, 2.45) is 0 Å². The van der Waals surface area contributed by atoms with E-state index >= 15 is 0 Å². The normalized spacial score (nSPS) is 14.6. The molecule has 0 aliphatic carbocycles. The van der Waals surface area contributed by atoms with Crippen molar-refractivity contribution in [2.75, 3.05) is 33.4 Å². The summed E-state index contributed by atoms with van der Waals surface area (Å²) >= 11 is 6.13. The minimum Gasteiger partial charge on any atom is -0.375 e. The first-order chi connectivity index (χ1) is 17.0. The van der Waals surface area contributed by atoms with Gasteiger partial charge in [-0.1, -0.05) is 54.1 Å². The molecule has 1 aliphatic heterocycles. The van der Waals surface area contributed by atoms with Crippen molar-refractivity contribution in [2.45, 2.75) is 6.54 Å². The third-order valence-corrected chi connectivity index (χ3v) is 6.44. The Morgan fingerprint density at radius 1 is 0.971 bits per heavy atom. The van der Waals surface area contributed by atoms with Gasteiger partial charge in [-0.2, -0.15) is 0 Å². The lowest BCUT2D eigenvalue weighted by atomic mass is 10.1. The molecular weight excluding hydrogens is 464 g/mol. The van der Waals surface area contributed by atoms with Crippen LogP contribution in [0.5, 0.6) is 0 Å². The van der Waals surface area contributed by atoms with E-state index in [2.05, 4.69) is 33.7 Å². The van der Waals surface area contributed by atoms with Crippen LogP contribution in [0.25, 0.3) is 28.0 Å². The Morgan fingerprint density at radius 3 is 2.43 bits per heavy atom. The Kier molecular flexibility index (Phi) is 6.63. The van der Waals surface area contributed by atoms with Crippen LogP contribution in [-0.2, 0) is 20.9 Å². The zero-order valence-electron chi connectivity index (χ0n) is 19.4. The maximum Gasteiger partial charge on any atom is 0.255 e. The van der Waals surface area contributed by atoms with Gasteiger partial charge in [0.15, 0.2) is 0 Å². The lowest BCUT2D eigenvalue weighted by molar-refractivity contribution is -0.151. The SMILES string of the molecule is COCC(=O)N1CCN(Cc2c(-c3ccc(Cl)cc3)nc3ccc(-c4ccccc4)cn23)CC1=O. The van der Waals surface area contributed by atoms with E-state index in [1.807, 2.05) is 48.5 Å². The number of halogens is 1. The highest BCUT2D eigenvalue weighted by Crippen LogP contribution is 2.29. The number of ether oxygens (including phenoxy) is 1. The first-order valence-corrected chi connectivity index (χ1v) is 11.8. The third kappa shape index (κ3) is 4.84. The summed E-state index contributed by atoms with van der Waals surface area (Å²) in [5.74, 6) is -0.522. The largest absolute Gasteiger partial charge is 0.375 e. The Hall–Kier alpha value is -3.52. The lowest BCUT2D eigenvalue weighted by Crippen LogP contribution is -2.53. The van der Waals surface area contributed by atoms with Crippen LogP contribution in [-0.4, -0.2) is 64.3 Å². The van der Waals surface area contributed by atoms with Gasteiger partial charge in [-0.15, -0.1) is 0 Å². The zero-order chi connectivity index (χ0) is 24.4. The molecule has 178 valence electrons. The van der Waals surface area contributed by atoms with Crippen LogP contribution in [0.1, 0.15) is 5.69 Å². The second-order valence-electron chi connectivity index (χ2n) is 8.51. The fraction of sp³-hybridized carbons (Fsp3) is 0.222. The van der Waals surface area contributed by atoms with Crippen LogP contribution in [0.15, 0.2) is 72.9 Å². The van der Waals surface area contributed by atoms with Crippen LogP contribution in [0.2, 0.25) is 5.02 Å². The van der Waals surface area contributed by atoms with E-state index in [1.165, 1.54) is 12.0 Å². The van der Waals surface area contributed by atoms with Crippen molar-refractivity contribution in [1.82, 2.24) is 19.2 Å². The monoisotopic (exact) mass is 488 g/mol. The molecule has 2 aromatic carbocycles. The van der Waals surface area contributed by atoms with Crippen LogP contribution >= 0.6 is 11.6 Å². The molecule has 1 fully saturated rings. The number of carbonyl (C=O) groups excluding carboxylic acids is 2. The molecule has 0 atom stereocenters. The molecule has 0 bridgehead atoms. The molecule has 1 saturated heterocycles. The van der Waals surface area contributed by atoms with Crippen LogP contribution in [0.4, 0.5) is 0 Å². The van der Waals surface area contributed by atoms with Gasteiger partial charge in [0.2, 0.25) is 5.91 Å². The predicted octanol–water partition coefficient (Wildman–Crippen LogP) is 4.14. The number of aromatic nitrogens is 2. The van der Waals surface area contributed by atoms with Crippen molar-refractivity contribution < 1.29 is 14.3 Å². The lowest BCUT2D eigenvalue weighted by Gasteiger charge is -2.33. The topological polar surface area (TPSA) is 67.2 Å². The van der Waals surface area contributed by atoms with E-state index in [-0.39, 0.29) is 25.0 Å². The van der Waals surface area contributed by atoms with Gasteiger partial charge in [-0.05, 0) is 35.4 Å². The highest BCUT2D eigenvalue weighted by molar-refractivity contribution is 6.30. The van der Waals surface area contributed by atoms with Gasteiger partial charge in [0.1, 0.15) is 12.3 Å². The molecular formula is C27H25ClN4O3. The number of piperazine rings is 1. The molecule has 8 heteroatoms. The third-order valence-electron chi connectivity index (χ3n) is 6.18. The molecule has 0 saturated carbocycles. The highest BCUT2D eigenvalue weighted by atomic mass is 35.5. The number of imide groups is 1. The predicted molar refractivity (Wildman–Crippen MR) is 135 cm³/mol. The van der Waals surface area contributed by atoms with Gasteiger partial charge in [0.25, 0.3) is 5.91 Å². The Bertz CT molecular complexity index is 1370. The Labute approximate surface area is 208 Å². The van der Waals surface area contributed by atoms with Gasteiger partial charge < -0.3 is 9.14 Å². The summed E-state index contributed by atoms with van der Waals surface area (Å²) in [6.45, 7) is 1.48. The average Bonchev–Trinajstić information content (AvgIpc) is 3.22. The maximum atomic E-state index is 12.7. The Morgan fingerprint density at radius 2 is 1.71 bits per heavy atom. The summed E-state index contributed by atoms with van der Waals surface area (Å²) in [7, 11) is 1.45. The minimum atomic E-state index is -0.304. The van der Waals surface area contributed by atoms with Gasteiger partial charge in [0, 0.05) is 43.5 Å². The number of rotatable bonds is 6. The molecule has 5 rings (SSSR count). The van der Waals surface area contributed by atoms with E-state index in [0.29, 0.717) is 24.7 Å². The Balaban J connectivity index is 1.52. The molecule has 2 aromatic heterocycles. The quantitative estimate of drug-likeness (QED) is 0.408. The molecule has 4 aromatic rings. The summed E-state index contributed by atoms with van der Waals surface area (Å²) in [4.78, 5) is 33.2. The van der Waals surface area contributed by atoms with Crippen LogP contribution < -0.4 is 0 Å². The summed E-state index contributed by atoms with van der Waals surface area (Å²) in [6.07, 6.45) is 2.09. The number of hydrogen-bond donors (Lipinski definition) is 0. The number of nitrogens with zero attached hydrogens (tertiary/aromatic N) is 4. The number of imidazole rings is 1. The second kappa shape index (κ2) is 10.00. The van der Waals surface area contributed by atoms with Crippen molar-refractivity contribution in [3.63, 3.8) is 0 Å². The summed E-state index contributed by atoms with van der Waals surface area (Å²) in [6, 6.07) is 21.9. The molecule has 0 N–H and O–H groups in total. The van der Waals surface area contributed by atoms with E-state index in [9.17, 15) is 9.59 Å². The number of carbonyl (C=O) groups is 2. The molecule has 0 spiro atoms. The average molecular weight is 489 g/mol.